The summed E-state index contributed by atoms with van der Waals surface area (Å²) in [6.45, 7) is 3.78. The lowest BCUT2D eigenvalue weighted by molar-refractivity contribution is 0.184. The standard InChI is InChI=1S/C19H24N4O3S/c1-12-20-19-23(21-12)18(24)17(27-19)16(22-9-5-4-6-10-22)14-8-7-13(25-2)11-15(14)26-3/h7-8,11,16,24H,4-6,9-10H2,1-3H3/t16-/m1/s1. The summed E-state index contributed by atoms with van der Waals surface area (Å²) in [5.41, 5.74) is 1.01. The predicted octanol–water partition coefficient (Wildman–Crippen LogP) is 3.40. The largest absolute Gasteiger partial charge is 0.497 e. The molecular formula is C19H24N4O3S. The molecule has 1 saturated heterocycles. The molecule has 0 unspecified atom stereocenters. The maximum atomic E-state index is 10.9. The zero-order valence-corrected chi connectivity index (χ0v) is 16.6. The number of hydrogen-bond acceptors (Lipinski definition) is 7. The number of piperidine rings is 1. The lowest BCUT2D eigenvalue weighted by atomic mass is 9.99. The van der Waals surface area contributed by atoms with Crippen molar-refractivity contribution in [3.8, 4) is 17.4 Å². The minimum absolute atomic E-state index is 0.111. The van der Waals surface area contributed by atoms with Gasteiger partial charge in [0.25, 0.3) is 0 Å². The summed E-state index contributed by atoms with van der Waals surface area (Å²) in [6, 6.07) is 5.74. The van der Waals surface area contributed by atoms with Gasteiger partial charge >= 0.3 is 0 Å². The Morgan fingerprint density at radius 1 is 1.15 bits per heavy atom. The Balaban J connectivity index is 1.86. The SMILES string of the molecule is COc1ccc([C@H](c2sc3nc(C)nn3c2O)N2CCCCC2)c(OC)c1. The van der Waals surface area contributed by atoms with Crippen molar-refractivity contribution < 1.29 is 14.6 Å². The average Bonchev–Trinajstić information content (AvgIpc) is 3.20. The number of fused-ring (bicyclic) bond motifs is 1. The van der Waals surface area contributed by atoms with Crippen LogP contribution in [0.3, 0.4) is 0 Å². The molecule has 0 amide bonds. The van der Waals surface area contributed by atoms with E-state index in [0.29, 0.717) is 10.8 Å². The lowest BCUT2D eigenvalue weighted by Gasteiger charge is -2.34. The van der Waals surface area contributed by atoms with E-state index < -0.39 is 0 Å². The Bertz CT molecular complexity index is 946. The number of aromatic nitrogens is 3. The topological polar surface area (TPSA) is 72.1 Å². The van der Waals surface area contributed by atoms with Crippen LogP contribution in [-0.2, 0) is 0 Å². The smallest absolute Gasteiger partial charge is 0.230 e. The average molecular weight is 388 g/mol. The summed E-state index contributed by atoms with van der Waals surface area (Å²) in [5.74, 6) is 2.30. The van der Waals surface area contributed by atoms with Gasteiger partial charge in [0, 0.05) is 11.6 Å². The molecule has 3 aromatic rings. The molecule has 1 fully saturated rings. The van der Waals surface area contributed by atoms with Crippen LogP contribution in [-0.4, -0.2) is 51.9 Å². The predicted molar refractivity (Wildman–Crippen MR) is 104 cm³/mol. The molecule has 144 valence electrons. The monoisotopic (exact) mass is 388 g/mol. The normalized spacial score (nSPS) is 16.6. The van der Waals surface area contributed by atoms with Crippen LogP contribution in [0.5, 0.6) is 17.4 Å². The number of aromatic hydroxyl groups is 1. The van der Waals surface area contributed by atoms with Crippen LogP contribution in [0, 0.1) is 6.92 Å². The van der Waals surface area contributed by atoms with Crippen molar-refractivity contribution in [1.82, 2.24) is 19.5 Å². The number of benzene rings is 1. The zero-order chi connectivity index (χ0) is 19.0. The first kappa shape index (κ1) is 18.1. The number of hydrogen-bond donors (Lipinski definition) is 1. The van der Waals surface area contributed by atoms with Gasteiger partial charge in [-0.05, 0) is 45.0 Å². The molecule has 2 aromatic heterocycles. The number of rotatable bonds is 5. The highest BCUT2D eigenvalue weighted by atomic mass is 32.1. The molecule has 1 atom stereocenters. The highest BCUT2D eigenvalue weighted by molar-refractivity contribution is 7.17. The van der Waals surface area contributed by atoms with Crippen LogP contribution >= 0.6 is 11.3 Å². The van der Waals surface area contributed by atoms with Crippen molar-refractivity contribution in [1.29, 1.82) is 0 Å². The van der Waals surface area contributed by atoms with Crippen LogP contribution in [0.2, 0.25) is 0 Å². The number of aryl methyl sites for hydroxylation is 1. The quantitative estimate of drug-likeness (QED) is 0.722. The molecule has 0 bridgehead atoms. The van der Waals surface area contributed by atoms with Gasteiger partial charge in [0.1, 0.15) is 17.3 Å². The molecule has 8 heteroatoms. The molecule has 1 aliphatic heterocycles. The molecule has 0 spiro atoms. The van der Waals surface area contributed by atoms with Gasteiger partial charge in [-0.15, -0.1) is 5.10 Å². The van der Waals surface area contributed by atoms with E-state index in [2.05, 4.69) is 15.0 Å². The molecule has 27 heavy (non-hydrogen) atoms. The van der Waals surface area contributed by atoms with Crippen LogP contribution < -0.4 is 9.47 Å². The van der Waals surface area contributed by atoms with Gasteiger partial charge in [-0.2, -0.15) is 4.52 Å². The molecular weight excluding hydrogens is 364 g/mol. The first-order valence-corrected chi connectivity index (χ1v) is 9.95. The van der Waals surface area contributed by atoms with Crippen LogP contribution in [0.1, 0.15) is 41.6 Å². The van der Waals surface area contributed by atoms with Gasteiger partial charge in [-0.1, -0.05) is 17.8 Å². The second-order valence-electron chi connectivity index (χ2n) is 6.75. The summed E-state index contributed by atoms with van der Waals surface area (Å²) in [4.78, 5) is 8.38. The fourth-order valence-corrected chi connectivity index (χ4v) is 4.90. The highest BCUT2D eigenvalue weighted by Crippen LogP contribution is 2.44. The van der Waals surface area contributed by atoms with E-state index in [-0.39, 0.29) is 11.9 Å². The highest BCUT2D eigenvalue weighted by Gasteiger charge is 2.32. The molecule has 0 radical (unpaired) electrons. The molecule has 3 heterocycles. The molecule has 0 saturated carbocycles. The third kappa shape index (κ3) is 3.23. The Morgan fingerprint density at radius 3 is 2.59 bits per heavy atom. The third-order valence-electron chi connectivity index (χ3n) is 5.04. The summed E-state index contributed by atoms with van der Waals surface area (Å²) in [6.07, 6.45) is 3.54. The van der Waals surface area contributed by atoms with Gasteiger partial charge in [-0.3, -0.25) is 4.90 Å². The van der Waals surface area contributed by atoms with E-state index >= 15 is 0 Å². The number of thiazole rings is 1. The van der Waals surface area contributed by atoms with E-state index in [1.165, 1.54) is 22.3 Å². The summed E-state index contributed by atoms with van der Waals surface area (Å²) < 4.78 is 12.6. The van der Waals surface area contributed by atoms with Crippen molar-refractivity contribution in [3.63, 3.8) is 0 Å². The van der Waals surface area contributed by atoms with Crippen molar-refractivity contribution in [2.75, 3.05) is 27.3 Å². The van der Waals surface area contributed by atoms with Crippen molar-refractivity contribution in [2.24, 2.45) is 0 Å². The summed E-state index contributed by atoms with van der Waals surface area (Å²) in [5, 5.41) is 15.2. The molecule has 0 aliphatic carbocycles. The Hall–Kier alpha value is -2.32. The maximum absolute atomic E-state index is 10.9. The van der Waals surface area contributed by atoms with Gasteiger partial charge in [0.2, 0.25) is 10.8 Å². The minimum atomic E-state index is -0.111. The van der Waals surface area contributed by atoms with Crippen LogP contribution in [0.15, 0.2) is 18.2 Å². The van der Waals surface area contributed by atoms with Crippen LogP contribution in [0.25, 0.3) is 4.96 Å². The van der Waals surface area contributed by atoms with Crippen molar-refractivity contribution in [3.05, 3.63) is 34.5 Å². The number of likely N-dealkylation sites (tertiary alicyclic amines) is 1. The summed E-state index contributed by atoms with van der Waals surface area (Å²) >= 11 is 1.48. The summed E-state index contributed by atoms with van der Waals surface area (Å²) in [7, 11) is 3.31. The molecule has 1 aliphatic rings. The molecule has 1 N–H and O–H groups in total. The van der Waals surface area contributed by atoms with E-state index in [1.54, 1.807) is 14.2 Å². The fraction of sp³-hybridized carbons (Fsp3) is 0.474. The zero-order valence-electron chi connectivity index (χ0n) is 15.8. The maximum Gasteiger partial charge on any atom is 0.230 e. The van der Waals surface area contributed by atoms with Crippen LogP contribution in [0.4, 0.5) is 0 Å². The fourth-order valence-electron chi connectivity index (χ4n) is 3.75. The molecule has 1 aromatic carbocycles. The third-order valence-corrected chi connectivity index (χ3v) is 6.12. The number of methoxy groups -OCH3 is 2. The lowest BCUT2D eigenvalue weighted by Crippen LogP contribution is -2.34. The Morgan fingerprint density at radius 2 is 1.93 bits per heavy atom. The first-order valence-electron chi connectivity index (χ1n) is 9.13. The van der Waals surface area contributed by atoms with E-state index in [9.17, 15) is 5.11 Å². The first-order chi connectivity index (χ1) is 13.1. The molecule has 4 rings (SSSR count). The van der Waals surface area contributed by atoms with Gasteiger partial charge in [0.15, 0.2) is 0 Å². The molecule has 7 nitrogen and oxygen atoms in total. The Kier molecular flexibility index (Phi) is 4.92. The van der Waals surface area contributed by atoms with E-state index in [4.69, 9.17) is 9.47 Å². The van der Waals surface area contributed by atoms with Crippen molar-refractivity contribution in [2.45, 2.75) is 32.2 Å². The van der Waals surface area contributed by atoms with E-state index in [0.717, 1.165) is 47.9 Å². The Labute approximate surface area is 162 Å². The van der Waals surface area contributed by atoms with Gasteiger partial charge in [0.05, 0.1) is 25.1 Å². The second kappa shape index (κ2) is 7.36. The minimum Gasteiger partial charge on any atom is -0.497 e. The van der Waals surface area contributed by atoms with Gasteiger partial charge in [-0.25, -0.2) is 4.98 Å². The number of ether oxygens (including phenoxy) is 2. The van der Waals surface area contributed by atoms with Gasteiger partial charge < -0.3 is 14.6 Å². The second-order valence-corrected chi connectivity index (χ2v) is 7.76. The van der Waals surface area contributed by atoms with Crippen molar-refractivity contribution >= 4 is 16.3 Å². The van der Waals surface area contributed by atoms with E-state index in [1.807, 2.05) is 25.1 Å². The number of nitrogens with zero attached hydrogens (tertiary/aromatic N) is 4.